The summed E-state index contributed by atoms with van der Waals surface area (Å²) >= 11 is 6.05. The van der Waals surface area contributed by atoms with Crippen LogP contribution < -0.4 is 5.32 Å². The van der Waals surface area contributed by atoms with E-state index in [0.29, 0.717) is 10.9 Å². The Morgan fingerprint density at radius 2 is 2.21 bits per heavy atom. The standard InChI is InChI=1S/C13H20ClN3O2/c1-8-12(14)9(2)17(16-8)6-11(19)15-13(3,7-18)10-4-5-10/h10,18H,4-7H2,1-3H3,(H,15,19). The lowest BCUT2D eigenvalue weighted by molar-refractivity contribution is -0.124. The molecule has 0 saturated heterocycles. The van der Waals surface area contributed by atoms with Crippen molar-refractivity contribution in [3.05, 3.63) is 16.4 Å². The molecular formula is C13H20ClN3O2. The molecule has 6 heteroatoms. The Morgan fingerprint density at radius 1 is 1.58 bits per heavy atom. The molecule has 1 fully saturated rings. The number of aryl methyl sites for hydroxylation is 1. The molecule has 0 radical (unpaired) electrons. The van der Waals surface area contributed by atoms with Crippen LogP contribution in [0.3, 0.4) is 0 Å². The molecule has 1 atom stereocenters. The molecule has 0 bridgehead atoms. The zero-order valence-corrected chi connectivity index (χ0v) is 12.3. The Hall–Kier alpha value is -1.07. The molecular weight excluding hydrogens is 266 g/mol. The number of rotatable bonds is 5. The van der Waals surface area contributed by atoms with Crippen LogP contribution in [0.5, 0.6) is 0 Å². The minimum absolute atomic E-state index is 0.0404. The summed E-state index contributed by atoms with van der Waals surface area (Å²) in [6, 6.07) is 0. The summed E-state index contributed by atoms with van der Waals surface area (Å²) in [5, 5.41) is 17.2. The molecule has 1 aliphatic rings. The molecule has 5 nitrogen and oxygen atoms in total. The van der Waals surface area contributed by atoms with Gasteiger partial charge in [-0.25, -0.2) is 0 Å². The number of carbonyl (C=O) groups is 1. The van der Waals surface area contributed by atoms with Crippen LogP contribution in [0.2, 0.25) is 5.02 Å². The first kappa shape index (κ1) is 14.3. The predicted molar refractivity (Wildman–Crippen MR) is 73.1 cm³/mol. The average Bonchev–Trinajstić information content (AvgIpc) is 3.17. The van der Waals surface area contributed by atoms with E-state index in [1.54, 1.807) is 4.68 Å². The first-order valence-corrected chi connectivity index (χ1v) is 6.86. The number of hydrogen-bond acceptors (Lipinski definition) is 3. The smallest absolute Gasteiger partial charge is 0.242 e. The van der Waals surface area contributed by atoms with Crippen molar-refractivity contribution in [2.24, 2.45) is 5.92 Å². The maximum absolute atomic E-state index is 12.1. The number of amides is 1. The molecule has 1 saturated carbocycles. The second-order valence-electron chi connectivity index (χ2n) is 5.54. The van der Waals surface area contributed by atoms with Crippen molar-refractivity contribution in [1.82, 2.24) is 15.1 Å². The highest BCUT2D eigenvalue weighted by Crippen LogP contribution is 2.39. The second-order valence-corrected chi connectivity index (χ2v) is 5.92. The predicted octanol–water partition coefficient (Wildman–Crippen LogP) is 1.43. The molecule has 1 aromatic heterocycles. The number of nitrogens with zero attached hydrogens (tertiary/aromatic N) is 2. The normalized spacial score (nSPS) is 18.2. The topological polar surface area (TPSA) is 67.2 Å². The summed E-state index contributed by atoms with van der Waals surface area (Å²) < 4.78 is 1.59. The highest BCUT2D eigenvalue weighted by molar-refractivity contribution is 6.31. The van der Waals surface area contributed by atoms with Gasteiger partial charge in [-0.2, -0.15) is 5.10 Å². The zero-order valence-electron chi connectivity index (χ0n) is 11.5. The van der Waals surface area contributed by atoms with E-state index in [1.807, 2.05) is 20.8 Å². The van der Waals surface area contributed by atoms with Crippen molar-refractivity contribution in [2.75, 3.05) is 6.61 Å². The van der Waals surface area contributed by atoms with Crippen molar-refractivity contribution in [1.29, 1.82) is 0 Å². The van der Waals surface area contributed by atoms with Gasteiger partial charge in [0.05, 0.1) is 28.6 Å². The Balaban J connectivity index is 2.03. The van der Waals surface area contributed by atoms with Crippen LogP contribution in [-0.4, -0.2) is 32.9 Å². The average molecular weight is 286 g/mol. The van der Waals surface area contributed by atoms with E-state index in [-0.39, 0.29) is 19.1 Å². The molecule has 1 aliphatic carbocycles. The second kappa shape index (κ2) is 5.13. The molecule has 0 spiro atoms. The van der Waals surface area contributed by atoms with E-state index in [4.69, 9.17) is 11.6 Å². The van der Waals surface area contributed by atoms with Gasteiger partial charge in [0.2, 0.25) is 5.91 Å². The monoisotopic (exact) mass is 285 g/mol. The molecule has 1 aromatic rings. The molecule has 2 rings (SSSR count). The van der Waals surface area contributed by atoms with Crippen LogP contribution in [0.1, 0.15) is 31.2 Å². The lowest BCUT2D eigenvalue weighted by Gasteiger charge is -2.28. The van der Waals surface area contributed by atoms with E-state index < -0.39 is 5.54 Å². The van der Waals surface area contributed by atoms with Crippen molar-refractivity contribution in [3.63, 3.8) is 0 Å². The first-order valence-electron chi connectivity index (χ1n) is 6.49. The van der Waals surface area contributed by atoms with Crippen LogP contribution in [0, 0.1) is 19.8 Å². The van der Waals surface area contributed by atoms with E-state index in [1.165, 1.54) is 0 Å². The van der Waals surface area contributed by atoms with Gasteiger partial charge in [-0.05, 0) is 39.5 Å². The number of halogens is 1. The first-order chi connectivity index (χ1) is 8.87. The van der Waals surface area contributed by atoms with Crippen molar-refractivity contribution >= 4 is 17.5 Å². The fourth-order valence-electron chi connectivity index (χ4n) is 2.31. The fourth-order valence-corrected chi connectivity index (χ4v) is 2.45. The molecule has 2 N–H and O–H groups in total. The van der Waals surface area contributed by atoms with Crippen molar-refractivity contribution in [2.45, 2.75) is 45.7 Å². The minimum Gasteiger partial charge on any atom is -0.394 e. The van der Waals surface area contributed by atoms with Crippen LogP contribution in [0.15, 0.2) is 0 Å². The van der Waals surface area contributed by atoms with Gasteiger partial charge >= 0.3 is 0 Å². The Kier molecular flexibility index (Phi) is 3.87. The third-order valence-electron chi connectivity index (χ3n) is 3.82. The molecule has 1 heterocycles. The minimum atomic E-state index is -0.517. The van der Waals surface area contributed by atoms with Crippen LogP contribution in [-0.2, 0) is 11.3 Å². The lowest BCUT2D eigenvalue weighted by Crippen LogP contribution is -2.51. The third-order valence-corrected chi connectivity index (χ3v) is 4.37. The van der Waals surface area contributed by atoms with Crippen molar-refractivity contribution < 1.29 is 9.90 Å². The summed E-state index contributed by atoms with van der Waals surface area (Å²) in [6.07, 6.45) is 2.12. The number of nitrogens with one attached hydrogen (secondary N) is 1. The highest BCUT2D eigenvalue weighted by Gasteiger charge is 2.42. The summed E-state index contributed by atoms with van der Waals surface area (Å²) in [5.41, 5.74) is 0.988. The van der Waals surface area contributed by atoms with Crippen LogP contribution in [0.25, 0.3) is 0 Å². The number of hydrogen-bond donors (Lipinski definition) is 2. The van der Waals surface area contributed by atoms with E-state index >= 15 is 0 Å². The molecule has 1 unspecified atom stereocenters. The van der Waals surface area contributed by atoms with Gasteiger partial charge in [-0.1, -0.05) is 11.6 Å². The van der Waals surface area contributed by atoms with Crippen LogP contribution >= 0.6 is 11.6 Å². The molecule has 19 heavy (non-hydrogen) atoms. The SMILES string of the molecule is Cc1nn(CC(=O)NC(C)(CO)C2CC2)c(C)c1Cl. The van der Waals surface area contributed by atoms with Gasteiger partial charge in [0.25, 0.3) is 0 Å². The summed E-state index contributed by atoms with van der Waals surface area (Å²) in [4.78, 5) is 12.1. The van der Waals surface area contributed by atoms with Gasteiger partial charge in [-0.3, -0.25) is 9.48 Å². The maximum atomic E-state index is 12.1. The van der Waals surface area contributed by atoms with E-state index in [9.17, 15) is 9.90 Å². The summed E-state index contributed by atoms with van der Waals surface area (Å²) in [7, 11) is 0. The fraction of sp³-hybridized carbons (Fsp3) is 0.692. The Labute approximate surface area is 117 Å². The van der Waals surface area contributed by atoms with Gasteiger partial charge in [0, 0.05) is 0 Å². The number of aromatic nitrogens is 2. The number of carbonyl (C=O) groups excluding carboxylic acids is 1. The van der Waals surface area contributed by atoms with E-state index in [2.05, 4.69) is 10.4 Å². The maximum Gasteiger partial charge on any atom is 0.242 e. The largest absolute Gasteiger partial charge is 0.394 e. The van der Waals surface area contributed by atoms with Gasteiger partial charge in [-0.15, -0.1) is 0 Å². The Bertz CT molecular complexity index is 496. The quantitative estimate of drug-likeness (QED) is 0.860. The van der Waals surface area contributed by atoms with Gasteiger partial charge in [0.1, 0.15) is 6.54 Å². The zero-order chi connectivity index (χ0) is 14.2. The van der Waals surface area contributed by atoms with Crippen LogP contribution in [0.4, 0.5) is 0 Å². The molecule has 106 valence electrons. The Morgan fingerprint density at radius 3 is 2.63 bits per heavy atom. The van der Waals surface area contributed by atoms with E-state index in [0.717, 1.165) is 24.2 Å². The number of aliphatic hydroxyl groups is 1. The number of aliphatic hydroxyl groups excluding tert-OH is 1. The van der Waals surface area contributed by atoms with Gasteiger partial charge in [0.15, 0.2) is 0 Å². The molecule has 0 aromatic carbocycles. The highest BCUT2D eigenvalue weighted by atomic mass is 35.5. The molecule has 0 aliphatic heterocycles. The van der Waals surface area contributed by atoms with Gasteiger partial charge < -0.3 is 10.4 Å². The lowest BCUT2D eigenvalue weighted by atomic mass is 9.97. The third kappa shape index (κ3) is 2.92. The van der Waals surface area contributed by atoms with Crippen molar-refractivity contribution in [3.8, 4) is 0 Å². The summed E-state index contributed by atoms with van der Waals surface area (Å²) in [6.45, 7) is 5.62. The summed E-state index contributed by atoms with van der Waals surface area (Å²) in [5.74, 6) is 0.233. The molecule has 1 amide bonds.